The third-order valence-electron chi connectivity index (χ3n) is 3.63. The summed E-state index contributed by atoms with van der Waals surface area (Å²) in [6.45, 7) is 8.54. The van der Waals surface area contributed by atoms with Crippen molar-refractivity contribution in [3.8, 4) is 0 Å². The lowest BCUT2D eigenvalue weighted by molar-refractivity contribution is 0.0790. The van der Waals surface area contributed by atoms with Crippen molar-refractivity contribution in [1.82, 2.24) is 9.47 Å². The summed E-state index contributed by atoms with van der Waals surface area (Å²) in [5, 5.41) is 0. The molecule has 94 valence electrons. The highest BCUT2D eigenvalue weighted by atomic mass is 16.2. The summed E-state index contributed by atoms with van der Waals surface area (Å²) in [5.41, 5.74) is 8.89. The van der Waals surface area contributed by atoms with Crippen molar-refractivity contribution in [2.24, 2.45) is 5.73 Å². The van der Waals surface area contributed by atoms with Gasteiger partial charge >= 0.3 is 0 Å². The zero-order chi connectivity index (χ0) is 12.6. The van der Waals surface area contributed by atoms with Crippen LogP contribution in [0.25, 0.3) is 0 Å². The molecule has 4 nitrogen and oxygen atoms in total. The van der Waals surface area contributed by atoms with Crippen molar-refractivity contribution in [2.45, 2.75) is 39.8 Å². The fraction of sp³-hybridized carbons (Fsp3) is 0.615. The third-order valence-corrected chi connectivity index (χ3v) is 3.63. The van der Waals surface area contributed by atoms with Crippen molar-refractivity contribution in [2.75, 3.05) is 13.1 Å². The Morgan fingerprint density at radius 1 is 1.53 bits per heavy atom. The highest BCUT2D eigenvalue weighted by Crippen LogP contribution is 2.19. The Bertz CT molecular complexity index is 436. The highest BCUT2D eigenvalue weighted by Gasteiger charge is 2.26. The molecule has 0 spiro atoms. The van der Waals surface area contributed by atoms with Gasteiger partial charge in [0, 0.05) is 37.1 Å². The molecule has 1 aromatic heterocycles. The van der Waals surface area contributed by atoms with E-state index in [-0.39, 0.29) is 11.9 Å². The average Bonchev–Trinajstić information content (AvgIpc) is 2.83. The predicted molar refractivity (Wildman–Crippen MR) is 68.1 cm³/mol. The maximum atomic E-state index is 12.4. The summed E-state index contributed by atoms with van der Waals surface area (Å²) < 4.78 is 2.17. The van der Waals surface area contributed by atoms with Crippen molar-refractivity contribution >= 4 is 5.91 Å². The van der Waals surface area contributed by atoms with E-state index in [1.807, 2.05) is 24.8 Å². The first-order chi connectivity index (χ1) is 8.04. The van der Waals surface area contributed by atoms with Crippen LogP contribution < -0.4 is 5.73 Å². The molecule has 1 fully saturated rings. The van der Waals surface area contributed by atoms with Crippen molar-refractivity contribution in [1.29, 1.82) is 0 Å². The lowest BCUT2D eigenvalue weighted by Gasteiger charge is -2.15. The third kappa shape index (κ3) is 2.09. The van der Waals surface area contributed by atoms with Gasteiger partial charge in [0.05, 0.1) is 5.56 Å². The molecule has 1 atom stereocenters. The molecule has 1 aliphatic rings. The van der Waals surface area contributed by atoms with Crippen LogP contribution in [0, 0.1) is 13.8 Å². The first-order valence-corrected chi connectivity index (χ1v) is 6.26. The summed E-state index contributed by atoms with van der Waals surface area (Å²) in [6, 6.07) is 2.14. The van der Waals surface area contributed by atoms with E-state index in [1.165, 1.54) is 0 Å². The zero-order valence-corrected chi connectivity index (χ0v) is 10.9. The number of carbonyl (C=O) groups excluding carboxylic acids is 1. The Morgan fingerprint density at radius 2 is 2.24 bits per heavy atom. The van der Waals surface area contributed by atoms with E-state index in [4.69, 9.17) is 5.73 Å². The molecule has 0 aromatic carbocycles. The molecule has 1 saturated heterocycles. The average molecular weight is 235 g/mol. The Labute approximate surface area is 102 Å². The smallest absolute Gasteiger partial charge is 0.255 e. The molecule has 2 heterocycles. The maximum absolute atomic E-state index is 12.4. The first kappa shape index (κ1) is 12.2. The second-order valence-electron chi connectivity index (χ2n) is 4.83. The minimum atomic E-state index is 0.130. The number of likely N-dealkylation sites (tertiary alicyclic amines) is 1. The topological polar surface area (TPSA) is 51.3 Å². The molecule has 2 N–H and O–H groups in total. The van der Waals surface area contributed by atoms with E-state index < -0.39 is 0 Å². The van der Waals surface area contributed by atoms with Gasteiger partial charge < -0.3 is 15.2 Å². The summed E-state index contributed by atoms with van der Waals surface area (Å²) in [5.74, 6) is 0.130. The number of nitrogens with two attached hydrogens (primary N) is 1. The number of carbonyl (C=O) groups is 1. The summed E-state index contributed by atoms with van der Waals surface area (Å²) in [6.07, 6.45) is 0.915. The van der Waals surface area contributed by atoms with Gasteiger partial charge in [-0.3, -0.25) is 4.79 Å². The molecule has 0 bridgehead atoms. The van der Waals surface area contributed by atoms with Crippen LogP contribution in [0.2, 0.25) is 0 Å². The van der Waals surface area contributed by atoms with Gasteiger partial charge in [-0.15, -0.1) is 0 Å². The van der Waals surface area contributed by atoms with Gasteiger partial charge in [0.2, 0.25) is 0 Å². The maximum Gasteiger partial charge on any atom is 0.255 e. The molecule has 0 saturated carbocycles. The molecule has 0 aliphatic carbocycles. The van der Waals surface area contributed by atoms with E-state index in [0.717, 1.165) is 36.5 Å². The Balaban J connectivity index is 2.25. The molecule has 1 amide bonds. The standard InChI is InChI=1S/C13H21N3O/c1-4-16-9(2)7-12(10(16)3)13(17)15-6-5-11(14)8-15/h7,11H,4-6,8,14H2,1-3H3/t11-/m1/s1. The largest absolute Gasteiger partial charge is 0.349 e. The van der Waals surface area contributed by atoms with Crippen LogP contribution in [0.3, 0.4) is 0 Å². The van der Waals surface area contributed by atoms with Crippen LogP contribution in [0.4, 0.5) is 0 Å². The molecule has 17 heavy (non-hydrogen) atoms. The second kappa shape index (κ2) is 4.53. The summed E-state index contributed by atoms with van der Waals surface area (Å²) >= 11 is 0. The number of amides is 1. The molecule has 0 radical (unpaired) electrons. The normalized spacial score (nSPS) is 20.0. The SMILES string of the molecule is CCn1c(C)cc(C(=O)N2CC[C@@H](N)C2)c1C. The molecule has 1 aromatic rings. The van der Waals surface area contributed by atoms with Crippen molar-refractivity contribution < 1.29 is 4.79 Å². The van der Waals surface area contributed by atoms with Crippen molar-refractivity contribution in [3.05, 3.63) is 23.0 Å². The van der Waals surface area contributed by atoms with Crippen LogP contribution in [-0.2, 0) is 6.54 Å². The number of hydrogen-bond acceptors (Lipinski definition) is 2. The van der Waals surface area contributed by atoms with Gasteiger partial charge in [-0.05, 0) is 33.3 Å². The van der Waals surface area contributed by atoms with Crippen LogP contribution in [0.15, 0.2) is 6.07 Å². The molecule has 1 aliphatic heterocycles. The zero-order valence-electron chi connectivity index (χ0n) is 10.9. The number of nitrogens with zero attached hydrogens (tertiary/aromatic N) is 2. The lowest BCUT2D eigenvalue weighted by Crippen LogP contribution is -2.32. The van der Waals surface area contributed by atoms with E-state index in [0.29, 0.717) is 6.54 Å². The molecule has 4 heteroatoms. The Morgan fingerprint density at radius 3 is 2.71 bits per heavy atom. The van der Waals surface area contributed by atoms with E-state index in [9.17, 15) is 4.79 Å². The van der Waals surface area contributed by atoms with Gasteiger partial charge in [0.25, 0.3) is 5.91 Å². The molecule has 0 unspecified atom stereocenters. The van der Waals surface area contributed by atoms with Gasteiger partial charge in [0.1, 0.15) is 0 Å². The number of rotatable bonds is 2. The monoisotopic (exact) mass is 235 g/mol. The number of aromatic nitrogens is 1. The molecular weight excluding hydrogens is 214 g/mol. The predicted octanol–water partition coefficient (Wildman–Crippen LogP) is 1.30. The fourth-order valence-electron chi connectivity index (χ4n) is 2.65. The Hall–Kier alpha value is -1.29. The number of hydrogen-bond donors (Lipinski definition) is 1. The first-order valence-electron chi connectivity index (χ1n) is 6.26. The van der Waals surface area contributed by atoms with E-state index in [1.54, 1.807) is 0 Å². The Kier molecular flexibility index (Phi) is 3.24. The van der Waals surface area contributed by atoms with Crippen LogP contribution >= 0.6 is 0 Å². The van der Waals surface area contributed by atoms with Gasteiger partial charge in [0.15, 0.2) is 0 Å². The minimum Gasteiger partial charge on any atom is -0.349 e. The fourth-order valence-corrected chi connectivity index (χ4v) is 2.65. The number of aryl methyl sites for hydroxylation is 1. The summed E-state index contributed by atoms with van der Waals surface area (Å²) in [4.78, 5) is 14.2. The van der Waals surface area contributed by atoms with Gasteiger partial charge in [-0.1, -0.05) is 0 Å². The van der Waals surface area contributed by atoms with Crippen LogP contribution in [-0.4, -0.2) is 34.5 Å². The lowest BCUT2D eigenvalue weighted by atomic mass is 10.2. The highest BCUT2D eigenvalue weighted by molar-refractivity contribution is 5.96. The van der Waals surface area contributed by atoms with Crippen LogP contribution in [0.1, 0.15) is 35.1 Å². The van der Waals surface area contributed by atoms with Gasteiger partial charge in [-0.25, -0.2) is 0 Å². The molecule has 2 rings (SSSR count). The quantitative estimate of drug-likeness (QED) is 0.840. The summed E-state index contributed by atoms with van der Waals surface area (Å²) in [7, 11) is 0. The van der Waals surface area contributed by atoms with Crippen molar-refractivity contribution in [3.63, 3.8) is 0 Å². The van der Waals surface area contributed by atoms with Gasteiger partial charge in [-0.2, -0.15) is 0 Å². The van der Waals surface area contributed by atoms with Crippen LogP contribution in [0.5, 0.6) is 0 Å². The van der Waals surface area contributed by atoms with E-state index in [2.05, 4.69) is 11.5 Å². The van der Waals surface area contributed by atoms with E-state index >= 15 is 0 Å². The second-order valence-corrected chi connectivity index (χ2v) is 4.83. The minimum absolute atomic E-state index is 0.130. The molecular formula is C13H21N3O.